The minimum atomic E-state index is -0.887. The van der Waals surface area contributed by atoms with Crippen LogP contribution in [0.1, 0.15) is 51.8 Å². The fourth-order valence-electron chi connectivity index (χ4n) is 2.87. The molecule has 1 amide bonds. The Hall–Kier alpha value is -1.88. The van der Waals surface area contributed by atoms with Crippen LogP contribution in [0.2, 0.25) is 0 Å². The summed E-state index contributed by atoms with van der Waals surface area (Å²) in [7, 11) is 0. The van der Waals surface area contributed by atoms with Crippen molar-refractivity contribution < 1.29 is 9.90 Å². The van der Waals surface area contributed by atoms with Crippen molar-refractivity contribution in [1.82, 2.24) is 15.3 Å². The summed E-state index contributed by atoms with van der Waals surface area (Å²) < 4.78 is 0. The maximum absolute atomic E-state index is 12.1. The monoisotopic (exact) mass is 303 g/mol. The topological polar surface area (TPSA) is 78.0 Å². The molecule has 0 saturated carbocycles. The van der Waals surface area contributed by atoms with Gasteiger partial charge in [-0.3, -0.25) is 4.79 Å². The third-order valence-corrected chi connectivity index (χ3v) is 3.81. The fourth-order valence-corrected chi connectivity index (χ4v) is 2.87. The number of hydrogen-bond donors (Lipinski definition) is 3. The van der Waals surface area contributed by atoms with Gasteiger partial charge in [0.2, 0.25) is 5.91 Å². The highest BCUT2D eigenvalue weighted by Crippen LogP contribution is 2.23. The standard InChI is InChI=1S/C17H25N3O2/c1-3-9-17(22,10-4-2)11-16(21)18-12-15-19-13-7-5-6-8-14(13)20-15/h5-8,22H,3-4,9-12H2,1-2H3,(H,18,21)(H,19,20). The van der Waals surface area contributed by atoms with Crippen LogP contribution in [-0.4, -0.2) is 26.6 Å². The Morgan fingerprint density at radius 3 is 2.59 bits per heavy atom. The molecule has 120 valence electrons. The van der Waals surface area contributed by atoms with Crippen molar-refractivity contribution in [3.8, 4) is 0 Å². The third-order valence-electron chi connectivity index (χ3n) is 3.81. The van der Waals surface area contributed by atoms with E-state index < -0.39 is 5.60 Å². The molecule has 1 heterocycles. The first kappa shape index (κ1) is 16.5. The van der Waals surface area contributed by atoms with E-state index in [0.717, 1.165) is 29.7 Å². The molecule has 2 aromatic rings. The second-order valence-corrected chi connectivity index (χ2v) is 5.88. The number of para-hydroxylation sites is 2. The van der Waals surface area contributed by atoms with E-state index in [2.05, 4.69) is 15.3 Å². The number of carbonyl (C=O) groups is 1. The predicted molar refractivity (Wildman–Crippen MR) is 87.3 cm³/mol. The van der Waals surface area contributed by atoms with Gasteiger partial charge >= 0.3 is 0 Å². The number of hydrogen-bond acceptors (Lipinski definition) is 3. The number of benzene rings is 1. The molecule has 0 aliphatic carbocycles. The minimum absolute atomic E-state index is 0.134. The van der Waals surface area contributed by atoms with Gasteiger partial charge in [0.15, 0.2) is 0 Å². The number of rotatable bonds is 8. The fraction of sp³-hybridized carbons (Fsp3) is 0.529. The molecule has 22 heavy (non-hydrogen) atoms. The number of aromatic amines is 1. The summed E-state index contributed by atoms with van der Waals surface area (Å²) in [6.45, 7) is 4.39. The van der Waals surface area contributed by atoms with Gasteiger partial charge in [-0.05, 0) is 25.0 Å². The molecule has 0 aliphatic rings. The van der Waals surface area contributed by atoms with E-state index in [4.69, 9.17) is 0 Å². The van der Waals surface area contributed by atoms with Gasteiger partial charge in [-0.25, -0.2) is 4.98 Å². The van der Waals surface area contributed by atoms with Gasteiger partial charge in [0.25, 0.3) is 0 Å². The summed E-state index contributed by atoms with van der Waals surface area (Å²) >= 11 is 0. The molecule has 0 fully saturated rings. The van der Waals surface area contributed by atoms with Gasteiger partial charge in [-0.1, -0.05) is 38.8 Å². The van der Waals surface area contributed by atoms with E-state index in [-0.39, 0.29) is 12.3 Å². The minimum Gasteiger partial charge on any atom is -0.389 e. The maximum Gasteiger partial charge on any atom is 0.223 e. The molecule has 0 radical (unpaired) electrons. The van der Waals surface area contributed by atoms with Crippen molar-refractivity contribution in [1.29, 1.82) is 0 Å². The number of nitrogens with one attached hydrogen (secondary N) is 2. The average Bonchev–Trinajstić information content (AvgIpc) is 2.88. The molecule has 5 heteroatoms. The zero-order valence-corrected chi connectivity index (χ0v) is 13.4. The van der Waals surface area contributed by atoms with Gasteiger partial charge < -0.3 is 15.4 Å². The smallest absolute Gasteiger partial charge is 0.223 e. The lowest BCUT2D eigenvalue weighted by molar-refractivity contribution is -0.127. The summed E-state index contributed by atoms with van der Waals surface area (Å²) in [5.74, 6) is 0.592. The van der Waals surface area contributed by atoms with E-state index in [1.54, 1.807) is 0 Å². The highest BCUT2D eigenvalue weighted by atomic mass is 16.3. The van der Waals surface area contributed by atoms with Crippen molar-refractivity contribution in [3.05, 3.63) is 30.1 Å². The van der Waals surface area contributed by atoms with Gasteiger partial charge in [-0.15, -0.1) is 0 Å². The number of aliphatic hydroxyl groups is 1. The Morgan fingerprint density at radius 2 is 1.95 bits per heavy atom. The Morgan fingerprint density at radius 1 is 1.27 bits per heavy atom. The van der Waals surface area contributed by atoms with E-state index in [1.165, 1.54) is 0 Å². The molecule has 1 aromatic heterocycles. The third kappa shape index (κ3) is 4.31. The lowest BCUT2D eigenvalue weighted by Gasteiger charge is -2.26. The Bertz CT molecular complexity index is 582. The normalized spacial score (nSPS) is 11.8. The molecule has 1 aromatic carbocycles. The van der Waals surface area contributed by atoms with E-state index >= 15 is 0 Å². The predicted octanol–water partition coefficient (Wildman–Crippen LogP) is 2.90. The van der Waals surface area contributed by atoms with Crippen molar-refractivity contribution >= 4 is 16.9 Å². The molecule has 2 rings (SSSR count). The number of H-pyrrole nitrogens is 1. The quantitative estimate of drug-likeness (QED) is 0.701. The number of amides is 1. The molecular weight excluding hydrogens is 278 g/mol. The first-order chi connectivity index (χ1) is 10.6. The Kier molecular flexibility index (Phi) is 5.55. The zero-order valence-electron chi connectivity index (χ0n) is 13.4. The van der Waals surface area contributed by atoms with Gasteiger partial charge in [0.05, 0.1) is 29.6 Å². The van der Waals surface area contributed by atoms with Gasteiger partial charge in [-0.2, -0.15) is 0 Å². The average molecular weight is 303 g/mol. The molecule has 0 saturated heterocycles. The van der Waals surface area contributed by atoms with Gasteiger partial charge in [0.1, 0.15) is 5.82 Å². The summed E-state index contributed by atoms with van der Waals surface area (Å²) in [6.07, 6.45) is 3.19. The first-order valence-corrected chi connectivity index (χ1v) is 7.99. The van der Waals surface area contributed by atoms with E-state index in [0.29, 0.717) is 19.4 Å². The molecule has 0 aliphatic heterocycles. The molecule has 0 atom stereocenters. The second kappa shape index (κ2) is 7.40. The van der Waals surface area contributed by atoms with Gasteiger partial charge in [0, 0.05) is 0 Å². The molecule has 0 bridgehead atoms. The van der Waals surface area contributed by atoms with Crippen LogP contribution in [-0.2, 0) is 11.3 Å². The molecular formula is C17H25N3O2. The summed E-state index contributed by atoms with van der Waals surface area (Å²) in [4.78, 5) is 19.7. The number of fused-ring (bicyclic) bond motifs is 1. The SMILES string of the molecule is CCCC(O)(CCC)CC(=O)NCc1nc2ccccc2[nH]1. The first-order valence-electron chi connectivity index (χ1n) is 7.99. The van der Waals surface area contributed by atoms with Crippen LogP contribution in [0.4, 0.5) is 0 Å². The summed E-state index contributed by atoms with van der Waals surface area (Å²) in [6, 6.07) is 7.76. The van der Waals surface area contributed by atoms with Crippen molar-refractivity contribution in [3.63, 3.8) is 0 Å². The van der Waals surface area contributed by atoms with Crippen LogP contribution in [0.15, 0.2) is 24.3 Å². The molecule has 0 unspecified atom stereocenters. The molecule has 3 N–H and O–H groups in total. The van der Waals surface area contributed by atoms with Crippen LogP contribution in [0.3, 0.4) is 0 Å². The van der Waals surface area contributed by atoms with Crippen LogP contribution < -0.4 is 5.32 Å². The van der Waals surface area contributed by atoms with E-state index in [9.17, 15) is 9.90 Å². The maximum atomic E-state index is 12.1. The van der Waals surface area contributed by atoms with Crippen molar-refractivity contribution in [2.75, 3.05) is 0 Å². The van der Waals surface area contributed by atoms with Crippen LogP contribution >= 0.6 is 0 Å². The van der Waals surface area contributed by atoms with Crippen LogP contribution in [0.25, 0.3) is 11.0 Å². The summed E-state index contributed by atoms with van der Waals surface area (Å²) in [5, 5.41) is 13.3. The number of imidazole rings is 1. The zero-order chi connectivity index (χ0) is 16.0. The summed E-state index contributed by atoms with van der Waals surface area (Å²) in [5.41, 5.74) is 0.960. The lowest BCUT2D eigenvalue weighted by atomic mass is 9.89. The van der Waals surface area contributed by atoms with Crippen molar-refractivity contribution in [2.24, 2.45) is 0 Å². The Labute approximate surface area is 131 Å². The highest BCUT2D eigenvalue weighted by molar-refractivity contribution is 5.77. The largest absolute Gasteiger partial charge is 0.389 e. The van der Waals surface area contributed by atoms with E-state index in [1.807, 2.05) is 38.1 Å². The van der Waals surface area contributed by atoms with Crippen LogP contribution in [0.5, 0.6) is 0 Å². The number of aromatic nitrogens is 2. The highest BCUT2D eigenvalue weighted by Gasteiger charge is 2.28. The lowest BCUT2D eigenvalue weighted by Crippen LogP contribution is -2.36. The molecule has 0 spiro atoms. The second-order valence-electron chi connectivity index (χ2n) is 5.88. The van der Waals surface area contributed by atoms with Crippen LogP contribution in [0, 0.1) is 0 Å². The Balaban J connectivity index is 1.91. The number of nitrogens with zero attached hydrogens (tertiary/aromatic N) is 1. The number of carbonyl (C=O) groups excluding carboxylic acids is 1. The van der Waals surface area contributed by atoms with Crippen molar-refractivity contribution in [2.45, 2.75) is 58.1 Å². The molecule has 5 nitrogen and oxygen atoms in total.